The lowest BCUT2D eigenvalue weighted by Crippen LogP contribution is -2.37. The number of nitrogens with one attached hydrogen (secondary N) is 1. The minimum Gasteiger partial charge on any atom is -0.396 e. The standard InChI is InChI=1S/C13H25NO3/c1-11(13(16)14-9-6-10-15)17-12-7-4-2-3-5-8-12/h11-12,15H,2-10H2,1H3,(H,14,16). The van der Waals surface area contributed by atoms with E-state index in [1.54, 1.807) is 6.92 Å². The molecule has 0 spiro atoms. The van der Waals surface area contributed by atoms with E-state index in [2.05, 4.69) is 5.32 Å². The maximum atomic E-state index is 11.7. The van der Waals surface area contributed by atoms with Gasteiger partial charge >= 0.3 is 0 Å². The van der Waals surface area contributed by atoms with Gasteiger partial charge in [0.1, 0.15) is 6.10 Å². The highest BCUT2D eigenvalue weighted by Gasteiger charge is 2.19. The second-order valence-corrected chi connectivity index (χ2v) is 4.76. The smallest absolute Gasteiger partial charge is 0.248 e. The van der Waals surface area contributed by atoms with Gasteiger partial charge in [0, 0.05) is 13.2 Å². The Morgan fingerprint density at radius 1 is 1.35 bits per heavy atom. The second-order valence-electron chi connectivity index (χ2n) is 4.76. The molecule has 17 heavy (non-hydrogen) atoms. The van der Waals surface area contributed by atoms with Gasteiger partial charge in [0.25, 0.3) is 0 Å². The van der Waals surface area contributed by atoms with Gasteiger partial charge in [-0.2, -0.15) is 0 Å². The van der Waals surface area contributed by atoms with Crippen molar-refractivity contribution in [1.82, 2.24) is 5.32 Å². The Hall–Kier alpha value is -0.610. The van der Waals surface area contributed by atoms with Crippen molar-refractivity contribution in [3.63, 3.8) is 0 Å². The summed E-state index contributed by atoms with van der Waals surface area (Å²) < 4.78 is 5.79. The molecular weight excluding hydrogens is 218 g/mol. The molecule has 0 aliphatic heterocycles. The van der Waals surface area contributed by atoms with E-state index in [9.17, 15) is 4.79 Å². The van der Waals surface area contributed by atoms with Crippen LogP contribution in [0.25, 0.3) is 0 Å². The lowest BCUT2D eigenvalue weighted by molar-refractivity contribution is -0.135. The molecule has 1 amide bonds. The second kappa shape index (κ2) is 8.48. The number of rotatable bonds is 6. The van der Waals surface area contributed by atoms with Crippen LogP contribution in [-0.4, -0.2) is 36.4 Å². The van der Waals surface area contributed by atoms with Gasteiger partial charge in [0.15, 0.2) is 0 Å². The molecule has 0 radical (unpaired) electrons. The van der Waals surface area contributed by atoms with Crippen molar-refractivity contribution in [3.8, 4) is 0 Å². The van der Waals surface area contributed by atoms with Crippen LogP contribution in [0.2, 0.25) is 0 Å². The van der Waals surface area contributed by atoms with Gasteiger partial charge in [0.2, 0.25) is 5.91 Å². The van der Waals surface area contributed by atoms with Crippen molar-refractivity contribution < 1.29 is 14.6 Å². The molecule has 0 aromatic carbocycles. The molecule has 0 saturated heterocycles. The molecule has 1 rings (SSSR count). The molecule has 0 bridgehead atoms. The molecule has 1 saturated carbocycles. The van der Waals surface area contributed by atoms with Gasteiger partial charge in [-0.15, -0.1) is 0 Å². The molecular formula is C13H25NO3. The molecule has 1 unspecified atom stereocenters. The maximum Gasteiger partial charge on any atom is 0.248 e. The van der Waals surface area contributed by atoms with Gasteiger partial charge in [-0.25, -0.2) is 0 Å². The van der Waals surface area contributed by atoms with Crippen LogP contribution in [0.5, 0.6) is 0 Å². The summed E-state index contributed by atoms with van der Waals surface area (Å²) in [4.78, 5) is 11.7. The zero-order chi connectivity index (χ0) is 12.5. The third-order valence-corrected chi connectivity index (χ3v) is 3.20. The monoisotopic (exact) mass is 243 g/mol. The molecule has 0 heterocycles. The molecule has 4 heteroatoms. The Morgan fingerprint density at radius 2 is 2.00 bits per heavy atom. The van der Waals surface area contributed by atoms with Crippen molar-refractivity contribution in [3.05, 3.63) is 0 Å². The predicted molar refractivity (Wildman–Crippen MR) is 66.7 cm³/mol. The Balaban J connectivity index is 2.21. The number of carbonyl (C=O) groups excluding carboxylic acids is 1. The number of hydrogen-bond acceptors (Lipinski definition) is 3. The van der Waals surface area contributed by atoms with E-state index in [0.29, 0.717) is 13.0 Å². The van der Waals surface area contributed by atoms with Gasteiger partial charge in [-0.05, 0) is 26.2 Å². The molecule has 1 atom stereocenters. The van der Waals surface area contributed by atoms with Crippen molar-refractivity contribution in [1.29, 1.82) is 0 Å². The Bertz CT molecular complexity index is 213. The summed E-state index contributed by atoms with van der Waals surface area (Å²) in [5, 5.41) is 11.4. The Kier molecular flexibility index (Phi) is 7.21. The first-order chi connectivity index (χ1) is 8.24. The highest BCUT2D eigenvalue weighted by molar-refractivity contribution is 5.80. The zero-order valence-corrected chi connectivity index (χ0v) is 10.8. The van der Waals surface area contributed by atoms with E-state index in [4.69, 9.17) is 9.84 Å². The third kappa shape index (κ3) is 6.03. The van der Waals surface area contributed by atoms with Gasteiger partial charge in [0.05, 0.1) is 6.10 Å². The first kappa shape index (κ1) is 14.5. The Morgan fingerprint density at radius 3 is 2.59 bits per heavy atom. The van der Waals surface area contributed by atoms with Crippen LogP contribution < -0.4 is 5.32 Å². The molecule has 2 N–H and O–H groups in total. The normalized spacial score (nSPS) is 19.6. The molecule has 4 nitrogen and oxygen atoms in total. The number of hydrogen-bond donors (Lipinski definition) is 2. The van der Waals surface area contributed by atoms with E-state index >= 15 is 0 Å². The van der Waals surface area contributed by atoms with Crippen molar-refractivity contribution in [2.24, 2.45) is 0 Å². The van der Waals surface area contributed by atoms with Crippen LogP contribution in [-0.2, 0) is 9.53 Å². The summed E-state index contributed by atoms with van der Waals surface area (Å²) in [5.41, 5.74) is 0. The quantitative estimate of drug-likeness (QED) is 0.550. The summed E-state index contributed by atoms with van der Waals surface area (Å²) in [6.07, 6.45) is 7.62. The summed E-state index contributed by atoms with van der Waals surface area (Å²) in [5.74, 6) is -0.0669. The number of carbonyl (C=O) groups is 1. The average Bonchev–Trinajstić information content (AvgIpc) is 2.57. The van der Waals surface area contributed by atoms with Gasteiger partial charge in [-0.3, -0.25) is 4.79 Å². The summed E-state index contributed by atoms with van der Waals surface area (Å²) >= 11 is 0. The fourth-order valence-electron chi connectivity index (χ4n) is 2.16. The fraction of sp³-hybridized carbons (Fsp3) is 0.923. The van der Waals surface area contributed by atoms with E-state index in [0.717, 1.165) is 12.8 Å². The van der Waals surface area contributed by atoms with Gasteiger partial charge < -0.3 is 15.2 Å². The molecule has 1 fully saturated rings. The van der Waals surface area contributed by atoms with Gasteiger partial charge in [-0.1, -0.05) is 25.7 Å². The van der Waals surface area contributed by atoms with Crippen molar-refractivity contribution >= 4 is 5.91 Å². The number of aliphatic hydroxyl groups excluding tert-OH is 1. The third-order valence-electron chi connectivity index (χ3n) is 3.20. The number of ether oxygens (including phenoxy) is 1. The van der Waals surface area contributed by atoms with Crippen molar-refractivity contribution in [2.75, 3.05) is 13.2 Å². The average molecular weight is 243 g/mol. The molecule has 1 aliphatic carbocycles. The summed E-state index contributed by atoms with van der Waals surface area (Å²) in [6.45, 7) is 2.44. The summed E-state index contributed by atoms with van der Waals surface area (Å²) in [6, 6.07) is 0. The van der Waals surface area contributed by atoms with Crippen LogP contribution in [0.15, 0.2) is 0 Å². The minimum absolute atomic E-state index is 0.0669. The van der Waals surface area contributed by atoms with E-state index in [-0.39, 0.29) is 24.7 Å². The van der Waals surface area contributed by atoms with Crippen LogP contribution in [0.3, 0.4) is 0 Å². The first-order valence-electron chi connectivity index (χ1n) is 6.78. The molecule has 0 aromatic heterocycles. The molecule has 0 aromatic rings. The molecule has 1 aliphatic rings. The fourth-order valence-corrected chi connectivity index (χ4v) is 2.16. The molecule has 100 valence electrons. The van der Waals surface area contributed by atoms with E-state index < -0.39 is 0 Å². The van der Waals surface area contributed by atoms with E-state index in [1.807, 2.05) is 0 Å². The van der Waals surface area contributed by atoms with Crippen LogP contribution in [0.4, 0.5) is 0 Å². The number of amides is 1. The van der Waals surface area contributed by atoms with Crippen LogP contribution in [0, 0.1) is 0 Å². The van der Waals surface area contributed by atoms with Crippen LogP contribution in [0.1, 0.15) is 51.9 Å². The Labute approximate surface area is 104 Å². The topological polar surface area (TPSA) is 58.6 Å². The first-order valence-corrected chi connectivity index (χ1v) is 6.78. The van der Waals surface area contributed by atoms with E-state index in [1.165, 1.54) is 25.7 Å². The predicted octanol–water partition coefficient (Wildman–Crippen LogP) is 1.61. The summed E-state index contributed by atoms with van der Waals surface area (Å²) in [7, 11) is 0. The minimum atomic E-state index is -0.378. The zero-order valence-electron chi connectivity index (χ0n) is 10.8. The largest absolute Gasteiger partial charge is 0.396 e. The maximum absolute atomic E-state index is 11.7. The van der Waals surface area contributed by atoms with Crippen molar-refractivity contribution in [2.45, 2.75) is 64.1 Å². The SMILES string of the molecule is CC(OC1CCCCCC1)C(=O)NCCCO. The highest BCUT2D eigenvalue weighted by Crippen LogP contribution is 2.20. The van der Waals surface area contributed by atoms with Crippen LogP contribution >= 0.6 is 0 Å². The lowest BCUT2D eigenvalue weighted by Gasteiger charge is -2.20. The number of aliphatic hydroxyl groups is 1. The highest BCUT2D eigenvalue weighted by atomic mass is 16.5. The lowest BCUT2D eigenvalue weighted by atomic mass is 10.1.